The third kappa shape index (κ3) is 2.24. The van der Waals surface area contributed by atoms with Gasteiger partial charge in [-0.25, -0.2) is 0 Å². The molecule has 0 saturated heterocycles. The second-order valence-electron chi connectivity index (χ2n) is 2.55. The summed E-state index contributed by atoms with van der Waals surface area (Å²) in [5, 5.41) is 28.3. The normalized spacial score (nSPS) is 14.9. The number of benzene rings is 1. The molecule has 0 amide bonds. The molecule has 1 aromatic rings. The van der Waals surface area contributed by atoms with Gasteiger partial charge in [-0.2, -0.15) is 0 Å². The van der Waals surface area contributed by atoms with E-state index in [-0.39, 0.29) is 0 Å². The summed E-state index contributed by atoms with van der Waals surface area (Å²) in [5.74, 6) is 0. The van der Waals surface area contributed by atoms with Crippen molar-refractivity contribution in [2.45, 2.75) is 12.3 Å². The van der Waals surface area contributed by atoms with Gasteiger partial charge in [-0.05, 0) is 5.56 Å². The van der Waals surface area contributed by atoms with Crippen LogP contribution >= 0.6 is 0 Å². The van der Waals surface area contributed by atoms with Gasteiger partial charge in [0.2, 0.25) is 0 Å². The van der Waals surface area contributed by atoms with E-state index in [2.05, 4.69) is 0 Å². The zero-order valence-electron chi connectivity index (χ0n) is 6.70. The van der Waals surface area contributed by atoms with Crippen molar-refractivity contribution in [3.63, 3.8) is 0 Å². The maximum atomic E-state index is 10.1. The van der Waals surface area contributed by atoms with Gasteiger partial charge < -0.3 is 10.2 Å². The van der Waals surface area contributed by atoms with Crippen LogP contribution in [0.15, 0.2) is 30.3 Å². The average molecular weight is 183 g/mol. The first-order chi connectivity index (χ1) is 6.13. The molecule has 13 heavy (non-hydrogen) atoms. The fourth-order valence-corrected chi connectivity index (χ4v) is 0.938. The van der Waals surface area contributed by atoms with E-state index in [0.717, 1.165) is 0 Å². The first-order valence-electron chi connectivity index (χ1n) is 3.67. The number of hydrogen-bond donors (Lipinski definition) is 2. The average Bonchev–Trinajstić information content (AvgIpc) is 2.17. The van der Waals surface area contributed by atoms with E-state index in [1.165, 1.54) is 12.1 Å². The molecule has 0 aromatic heterocycles. The molecule has 0 heterocycles. The van der Waals surface area contributed by atoms with Crippen LogP contribution in [0, 0.1) is 10.1 Å². The van der Waals surface area contributed by atoms with Gasteiger partial charge in [0.25, 0.3) is 0 Å². The first-order valence-corrected chi connectivity index (χ1v) is 3.67. The van der Waals surface area contributed by atoms with E-state index in [0.29, 0.717) is 5.56 Å². The Kier molecular flexibility index (Phi) is 2.94. The number of aliphatic hydroxyl groups excluding tert-OH is 2. The van der Waals surface area contributed by atoms with E-state index < -0.39 is 17.3 Å². The largest absolute Gasteiger partial charge is 0.379 e. The fourth-order valence-electron chi connectivity index (χ4n) is 0.938. The molecule has 1 rings (SSSR count). The zero-order valence-corrected chi connectivity index (χ0v) is 6.70. The predicted octanol–water partition coefficient (Wildman–Crippen LogP) is 0.315. The Bertz CT molecular complexity index is 287. The minimum absolute atomic E-state index is 0.326. The third-order valence-electron chi connectivity index (χ3n) is 1.64. The van der Waals surface area contributed by atoms with E-state index in [9.17, 15) is 15.2 Å². The number of hydrogen-bond acceptors (Lipinski definition) is 4. The van der Waals surface area contributed by atoms with E-state index >= 15 is 0 Å². The van der Waals surface area contributed by atoms with Crippen LogP contribution in [0.25, 0.3) is 0 Å². The number of nitro groups is 1. The standard InChI is InChI=1S/C8H9NO4/c10-7(8(11)9(12)13)6-4-2-1-3-5-6/h1-5,7-8,10-11H/t7-,8-/m1/s1. The predicted molar refractivity (Wildman–Crippen MR) is 44.4 cm³/mol. The van der Waals surface area contributed by atoms with Crippen molar-refractivity contribution in [1.29, 1.82) is 0 Å². The summed E-state index contributed by atoms with van der Waals surface area (Å²) in [5.41, 5.74) is 0.326. The second-order valence-corrected chi connectivity index (χ2v) is 2.55. The molecule has 1 aromatic carbocycles. The van der Waals surface area contributed by atoms with Gasteiger partial charge in [-0.1, -0.05) is 30.3 Å². The lowest BCUT2D eigenvalue weighted by Gasteiger charge is -2.10. The van der Waals surface area contributed by atoms with Crippen molar-refractivity contribution in [3.8, 4) is 0 Å². The fraction of sp³-hybridized carbons (Fsp3) is 0.250. The Morgan fingerprint density at radius 2 is 1.77 bits per heavy atom. The van der Waals surface area contributed by atoms with Crippen molar-refractivity contribution in [3.05, 3.63) is 46.0 Å². The van der Waals surface area contributed by atoms with Crippen LogP contribution in [0.5, 0.6) is 0 Å². The monoisotopic (exact) mass is 183 g/mol. The zero-order chi connectivity index (χ0) is 9.84. The highest BCUT2D eigenvalue weighted by molar-refractivity contribution is 5.17. The summed E-state index contributed by atoms with van der Waals surface area (Å²) in [7, 11) is 0. The molecule has 5 nitrogen and oxygen atoms in total. The van der Waals surface area contributed by atoms with Crippen molar-refractivity contribution in [2.75, 3.05) is 0 Å². The van der Waals surface area contributed by atoms with E-state index in [1.54, 1.807) is 18.2 Å². The molecule has 0 aliphatic heterocycles. The molecule has 0 bridgehead atoms. The molecule has 0 saturated carbocycles. The maximum Gasteiger partial charge on any atom is 0.343 e. The minimum atomic E-state index is -1.97. The van der Waals surface area contributed by atoms with Crippen LogP contribution in [-0.2, 0) is 0 Å². The van der Waals surface area contributed by atoms with Crippen LogP contribution < -0.4 is 0 Å². The van der Waals surface area contributed by atoms with Gasteiger partial charge in [-0.3, -0.25) is 10.1 Å². The summed E-state index contributed by atoms with van der Waals surface area (Å²) < 4.78 is 0. The summed E-state index contributed by atoms with van der Waals surface area (Å²) in [4.78, 5) is 9.18. The molecule has 0 radical (unpaired) electrons. The lowest BCUT2D eigenvalue weighted by molar-refractivity contribution is -0.584. The smallest absolute Gasteiger partial charge is 0.343 e. The van der Waals surface area contributed by atoms with Gasteiger partial charge in [0.15, 0.2) is 6.10 Å². The summed E-state index contributed by atoms with van der Waals surface area (Å²) in [6, 6.07) is 8.00. The van der Waals surface area contributed by atoms with Gasteiger partial charge >= 0.3 is 6.23 Å². The first kappa shape index (κ1) is 9.63. The topological polar surface area (TPSA) is 83.6 Å². The Balaban J connectivity index is 2.79. The highest BCUT2D eigenvalue weighted by atomic mass is 16.7. The van der Waals surface area contributed by atoms with Crippen LogP contribution in [0.2, 0.25) is 0 Å². The molecule has 0 fully saturated rings. The van der Waals surface area contributed by atoms with Crippen LogP contribution in [0.1, 0.15) is 11.7 Å². The summed E-state index contributed by atoms with van der Waals surface area (Å²) >= 11 is 0. The number of nitrogens with zero attached hydrogens (tertiary/aromatic N) is 1. The van der Waals surface area contributed by atoms with Gasteiger partial charge in [0.1, 0.15) is 0 Å². The molecular weight excluding hydrogens is 174 g/mol. The van der Waals surface area contributed by atoms with E-state index in [1.807, 2.05) is 0 Å². The molecule has 0 spiro atoms. The Morgan fingerprint density at radius 3 is 2.23 bits per heavy atom. The molecule has 0 unspecified atom stereocenters. The quantitative estimate of drug-likeness (QED) is 0.401. The summed E-state index contributed by atoms with van der Waals surface area (Å²) in [6.45, 7) is 0. The van der Waals surface area contributed by atoms with Gasteiger partial charge in [0.05, 0.1) is 4.92 Å². The highest BCUT2D eigenvalue weighted by Crippen LogP contribution is 2.16. The van der Waals surface area contributed by atoms with Crippen LogP contribution in [-0.4, -0.2) is 21.4 Å². The van der Waals surface area contributed by atoms with Crippen molar-refractivity contribution < 1.29 is 15.1 Å². The molecule has 2 atom stereocenters. The number of aliphatic hydroxyl groups is 2. The molecule has 70 valence electrons. The molecule has 0 aliphatic carbocycles. The number of rotatable bonds is 3. The Hall–Kier alpha value is -1.46. The van der Waals surface area contributed by atoms with Crippen molar-refractivity contribution >= 4 is 0 Å². The Morgan fingerprint density at radius 1 is 1.23 bits per heavy atom. The maximum absolute atomic E-state index is 10.1. The van der Waals surface area contributed by atoms with E-state index in [4.69, 9.17) is 5.11 Å². The highest BCUT2D eigenvalue weighted by Gasteiger charge is 2.27. The molecular formula is C8H9NO4. The summed E-state index contributed by atoms with van der Waals surface area (Å²) in [6.07, 6.45) is -3.45. The van der Waals surface area contributed by atoms with Crippen LogP contribution in [0.3, 0.4) is 0 Å². The van der Waals surface area contributed by atoms with Crippen molar-refractivity contribution in [2.24, 2.45) is 0 Å². The Labute approximate surface area is 74.4 Å². The van der Waals surface area contributed by atoms with Crippen LogP contribution in [0.4, 0.5) is 0 Å². The van der Waals surface area contributed by atoms with Crippen molar-refractivity contribution in [1.82, 2.24) is 0 Å². The molecule has 0 aliphatic rings. The van der Waals surface area contributed by atoms with Gasteiger partial charge in [0, 0.05) is 0 Å². The van der Waals surface area contributed by atoms with Gasteiger partial charge in [-0.15, -0.1) is 0 Å². The SMILES string of the molecule is O=[N+]([O-])[C@H](O)[C@H](O)c1ccccc1. The lowest BCUT2D eigenvalue weighted by Crippen LogP contribution is -2.26. The molecule has 2 N–H and O–H groups in total. The molecule has 5 heteroatoms. The minimum Gasteiger partial charge on any atom is -0.379 e. The third-order valence-corrected chi connectivity index (χ3v) is 1.64. The second kappa shape index (κ2) is 3.97. The lowest BCUT2D eigenvalue weighted by atomic mass is 10.1.